The van der Waals surface area contributed by atoms with Gasteiger partial charge in [0.2, 0.25) is 5.91 Å². The average Bonchev–Trinajstić information content (AvgIpc) is 1.44. The number of phenolic OH excluding ortho intramolecular Hbond substituents is 1. The monoisotopic (exact) mass is 1200 g/mol. The fraction of sp³-hybridized carbons (Fsp3) is 0.542. The lowest BCUT2D eigenvalue weighted by molar-refractivity contribution is -0.168. The van der Waals surface area contributed by atoms with Gasteiger partial charge in [-0.25, -0.2) is 0 Å². The lowest BCUT2D eigenvalue weighted by atomic mass is 9.52. The van der Waals surface area contributed by atoms with Crippen LogP contribution in [0, 0.1) is 40.9 Å². The first-order valence-corrected chi connectivity index (χ1v) is 32.3. The van der Waals surface area contributed by atoms with Gasteiger partial charge < -0.3 is 63.4 Å². The Hall–Kier alpha value is -6.23. The Kier molecular flexibility index (Phi) is 22.6. The van der Waals surface area contributed by atoms with Gasteiger partial charge in [-0.15, -0.1) is 0 Å². The fourth-order valence-electron chi connectivity index (χ4n) is 15.8. The number of hydrogen-bond acceptors (Lipinski definition) is 13. The predicted octanol–water partition coefficient (Wildman–Crippen LogP) is 7.36. The molecule has 1 spiro atoms. The lowest BCUT2D eigenvalue weighted by Gasteiger charge is -2.56. The number of likely N-dealkylation sites (N-methyl/N-ethyl adjacent to an activating group) is 1. The number of rotatable bonds is 10. The molecule has 0 saturated heterocycles. The fourth-order valence-corrected chi connectivity index (χ4v) is 15.8. The topological polar surface area (TPSA) is 283 Å². The van der Waals surface area contributed by atoms with Crippen molar-refractivity contribution in [3.05, 3.63) is 159 Å². The second-order valence-corrected chi connectivity index (χ2v) is 26.4. The van der Waals surface area contributed by atoms with Crippen LogP contribution in [0.15, 0.2) is 130 Å². The van der Waals surface area contributed by atoms with Gasteiger partial charge in [-0.2, -0.15) is 0 Å². The van der Waals surface area contributed by atoms with E-state index in [9.17, 15) is 30.3 Å². The number of β-amino-alcohol motifs (C(OH)–C–C–N with tert-alkyl or cyclic N) is 1. The van der Waals surface area contributed by atoms with Gasteiger partial charge in [0.15, 0.2) is 11.7 Å². The number of nitrogens with one attached hydrogen (secondary N) is 4. The summed E-state index contributed by atoms with van der Waals surface area (Å²) in [7, 11) is 2.02. The molecule has 15 N–H and O–H groups in total. The van der Waals surface area contributed by atoms with Gasteiger partial charge >= 0.3 is 0 Å². The van der Waals surface area contributed by atoms with Crippen molar-refractivity contribution < 1.29 is 39.9 Å². The maximum Gasteiger partial charge on any atom is 0.243 e. The molecule has 13 unspecified atom stereocenters. The van der Waals surface area contributed by atoms with Crippen molar-refractivity contribution in [3.63, 3.8) is 0 Å². The SMILES string of the molecule is C=C1C=CC=C(C2CCC3(C4CCC(O)Cc5cccc(c5)CC(C(CN=C(N)N)c5ccc(O)cc5)C(O)CNC5C(=O)NC(N)c6cccc(c65)CC(=O)C(C)=C4CCC3(C)O)C2O)COCC#CCC(C)=CCC1NC(CNC)C1CCCCC1. The Balaban J connectivity index is 1.09. The number of aromatic hydroxyl groups is 1. The Morgan fingerprint density at radius 3 is 2.44 bits per heavy atom. The number of carbonyl (C=O) groups excluding carboxylic acids is 2. The summed E-state index contributed by atoms with van der Waals surface area (Å²) < 4.78 is 6.34. The van der Waals surface area contributed by atoms with Gasteiger partial charge in [0.1, 0.15) is 24.6 Å². The number of guanidine groups is 1. The number of aliphatic imine (C=N–C) groups is 1. The van der Waals surface area contributed by atoms with Crippen molar-refractivity contribution in [2.45, 2.75) is 178 Å². The molecule has 0 aromatic heterocycles. The molecule has 3 aromatic rings. The van der Waals surface area contributed by atoms with Crippen molar-refractivity contribution in [1.82, 2.24) is 21.3 Å². The summed E-state index contributed by atoms with van der Waals surface area (Å²) in [5.41, 5.74) is 24.8. The number of hydrogen-bond donors (Lipinski definition) is 12. The van der Waals surface area contributed by atoms with E-state index in [-0.39, 0.29) is 62.3 Å². The summed E-state index contributed by atoms with van der Waals surface area (Å²) in [5, 5.41) is 75.4. The van der Waals surface area contributed by atoms with Crippen LogP contribution in [0.1, 0.15) is 156 Å². The van der Waals surface area contributed by atoms with Crippen molar-refractivity contribution in [3.8, 4) is 17.6 Å². The largest absolute Gasteiger partial charge is 0.508 e. The zero-order valence-corrected chi connectivity index (χ0v) is 52.3. The highest BCUT2D eigenvalue weighted by atomic mass is 16.5. The Morgan fingerprint density at radius 1 is 0.943 bits per heavy atom. The van der Waals surface area contributed by atoms with Crippen molar-refractivity contribution >= 4 is 17.6 Å². The Morgan fingerprint density at radius 2 is 1.69 bits per heavy atom. The van der Waals surface area contributed by atoms with Gasteiger partial charge in [-0.1, -0.05) is 128 Å². The molecule has 0 radical (unpaired) electrons. The molecule has 3 aromatic carbocycles. The Labute approximate surface area is 521 Å². The van der Waals surface area contributed by atoms with Gasteiger partial charge in [0.25, 0.3) is 0 Å². The second kappa shape index (κ2) is 30.1. The number of fused-ring (bicyclic) bond motifs is 4. The summed E-state index contributed by atoms with van der Waals surface area (Å²) in [5.74, 6) is 4.53. The number of ketones is 1. The number of phenols is 1. The highest BCUT2D eigenvalue weighted by Gasteiger charge is 2.64. The van der Waals surface area contributed by atoms with Crippen LogP contribution in [0.4, 0.5) is 0 Å². The molecule has 13 atom stereocenters. The zero-order valence-electron chi connectivity index (χ0n) is 52.3. The second-order valence-electron chi connectivity index (χ2n) is 26.4. The highest BCUT2D eigenvalue weighted by molar-refractivity contribution is 5.98. The van der Waals surface area contributed by atoms with Crippen molar-refractivity contribution in [2.24, 2.45) is 51.3 Å². The quantitative estimate of drug-likeness (QED) is 0.0409. The third-order valence-corrected chi connectivity index (χ3v) is 20.7. The molecule has 2 bridgehead atoms. The van der Waals surface area contributed by atoms with E-state index in [0.29, 0.717) is 86.0 Å². The van der Waals surface area contributed by atoms with Crippen LogP contribution in [0.2, 0.25) is 0 Å². The standard InChI is InChI=1S/C72H98N8O8/c1-44-14-9-10-35-88-43-52(21-11-15-45(2)61(30-23-44)79-62(41-76-5)50-18-7-6-8-19-50)56-32-34-72(67(56)85)60-29-28-54(82)37-47-16-12-17-48(36-47)38-58(59(40-78-70(74)75)49-24-26-53(81)27-25-49)64(84)42-77-66-65-51(20-13-22-57(65)68(73)80-69(66)86)39-63(83)46(3)55(60)31-33-71(72,4)87/h11-13,15-17,20-27,36,50,54,56,58-62,64,66-68,76-77,79,81-82,84-85,87H,2,6-8,14,18-19,28-35,37-43,73H2,1,3-5H3,(H,80,86)(H4,74,75,78). The molecular weight excluding hydrogens is 1100 g/mol. The number of carbonyl (C=O) groups is 2. The van der Waals surface area contributed by atoms with Crippen LogP contribution in [0.25, 0.3) is 0 Å². The first kappa shape index (κ1) is 66.2. The molecule has 88 heavy (non-hydrogen) atoms. The number of Topliss-reactive ketones (excluding diaryl/α,β-unsaturated/α-hetero) is 1. The molecule has 1 amide bonds. The molecule has 16 nitrogen and oxygen atoms in total. The Bertz CT molecular complexity index is 3160. The van der Waals surface area contributed by atoms with E-state index >= 15 is 4.79 Å². The first-order valence-electron chi connectivity index (χ1n) is 32.3. The van der Waals surface area contributed by atoms with E-state index in [1.165, 1.54) is 37.7 Å². The molecule has 3 heterocycles. The minimum Gasteiger partial charge on any atom is -0.508 e. The van der Waals surface area contributed by atoms with E-state index in [2.05, 4.69) is 69.8 Å². The molecule has 16 heteroatoms. The number of nitrogens with zero attached hydrogens (tertiary/aromatic N) is 1. The van der Waals surface area contributed by atoms with Crippen LogP contribution in [0.5, 0.6) is 5.75 Å². The molecule has 3 aliphatic carbocycles. The van der Waals surface area contributed by atoms with Crippen molar-refractivity contribution in [2.75, 3.05) is 39.9 Å². The maximum atomic E-state index is 15.3. The number of aliphatic hydroxyl groups is 4. The van der Waals surface area contributed by atoms with E-state index in [0.717, 1.165) is 46.4 Å². The molecule has 3 aliphatic heterocycles. The molecule has 474 valence electrons. The van der Waals surface area contributed by atoms with Gasteiger partial charge in [0.05, 0.1) is 30.5 Å². The smallest absolute Gasteiger partial charge is 0.243 e. The molecule has 9 rings (SSSR count). The summed E-state index contributed by atoms with van der Waals surface area (Å²) in [6.45, 7) is 11.8. The number of ether oxygens (including phenoxy) is 1. The molecule has 6 aliphatic rings. The zero-order chi connectivity index (χ0) is 62.7. The minimum absolute atomic E-state index is 0.0145. The first-order chi connectivity index (χ1) is 42.3. The third-order valence-electron chi connectivity index (χ3n) is 20.7. The minimum atomic E-state index is -1.38. The van der Waals surface area contributed by atoms with E-state index < -0.39 is 71.1 Å². The number of amides is 1. The number of benzene rings is 3. The normalized spacial score (nSPS) is 30.6. The lowest BCUT2D eigenvalue weighted by Crippen LogP contribution is -2.59. The van der Waals surface area contributed by atoms with Gasteiger partial charge in [-0.05, 0) is 178 Å². The van der Waals surface area contributed by atoms with E-state index in [1.807, 2.05) is 69.4 Å². The van der Waals surface area contributed by atoms with Gasteiger partial charge in [-0.3, -0.25) is 19.9 Å². The molecule has 3 fully saturated rings. The number of aliphatic hydroxyl groups excluding tert-OH is 3. The average molecular weight is 1200 g/mol. The van der Waals surface area contributed by atoms with Crippen LogP contribution in [-0.4, -0.2) is 119 Å². The van der Waals surface area contributed by atoms with Crippen LogP contribution in [-0.2, 0) is 33.6 Å². The van der Waals surface area contributed by atoms with Crippen LogP contribution in [0.3, 0.4) is 0 Å². The van der Waals surface area contributed by atoms with Crippen molar-refractivity contribution in [1.29, 1.82) is 0 Å². The molecular formula is C72H98N8O8. The van der Waals surface area contributed by atoms with Crippen LogP contribution >= 0.6 is 0 Å². The maximum absolute atomic E-state index is 15.3. The molecule has 3 saturated carbocycles. The summed E-state index contributed by atoms with van der Waals surface area (Å²) in [6, 6.07) is 19.5. The van der Waals surface area contributed by atoms with E-state index in [4.69, 9.17) is 21.9 Å². The number of allylic oxidation sites excluding steroid dienone is 5. The van der Waals surface area contributed by atoms with Crippen LogP contribution < -0.4 is 38.5 Å². The predicted molar refractivity (Wildman–Crippen MR) is 347 cm³/mol. The van der Waals surface area contributed by atoms with Gasteiger partial charge in [0, 0.05) is 61.8 Å². The summed E-state index contributed by atoms with van der Waals surface area (Å²) >= 11 is 0. The number of nitrogens with two attached hydrogens (primary N) is 3. The highest BCUT2D eigenvalue weighted by Crippen LogP contribution is 2.63. The summed E-state index contributed by atoms with van der Waals surface area (Å²) in [6.07, 6.45) is 15.1. The summed E-state index contributed by atoms with van der Waals surface area (Å²) in [4.78, 5) is 34.0. The van der Waals surface area contributed by atoms with E-state index in [1.54, 1.807) is 24.3 Å². The third kappa shape index (κ3) is 15.5.